The lowest BCUT2D eigenvalue weighted by Gasteiger charge is -2.35. The maximum absolute atomic E-state index is 12.6. The van der Waals surface area contributed by atoms with E-state index < -0.39 is 23.1 Å². The molecule has 2 rings (SSSR count). The van der Waals surface area contributed by atoms with Gasteiger partial charge in [-0.25, -0.2) is 9.59 Å². The average Bonchev–Trinajstić information content (AvgIpc) is 2.81. The van der Waals surface area contributed by atoms with E-state index in [2.05, 4.69) is 15.9 Å². The van der Waals surface area contributed by atoms with Gasteiger partial charge in [-0.05, 0) is 51.3 Å². The molecule has 1 heterocycles. The number of hydrogen-bond acceptors (Lipinski definition) is 4. The summed E-state index contributed by atoms with van der Waals surface area (Å²) in [4.78, 5) is 26.3. The predicted octanol–water partition coefficient (Wildman–Crippen LogP) is 3.21. The number of carbonyl (C=O) groups excluding carboxylic acids is 1. The van der Waals surface area contributed by atoms with Gasteiger partial charge in [0, 0.05) is 17.6 Å². The van der Waals surface area contributed by atoms with Crippen LogP contribution in [0.1, 0.15) is 39.2 Å². The number of halogens is 1. The van der Waals surface area contributed by atoms with E-state index >= 15 is 0 Å². The molecule has 126 valence electrons. The number of likely N-dealkylation sites (tertiary alicyclic amines) is 1. The molecule has 1 N–H and O–H groups in total. The van der Waals surface area contributed by atoms with Crippen molar-refractivity contribution in [2.45, 2.75) is 51.3 Å². The van der Waals surface area contributed by atoms with Gasteiger partial charge in [-0.1, -0.05) is 28.1 Å². The van der Waals surface area contributed by atoms with Gasteiger partial charge in [0.15, 0.2) is 0 Å². The van der Waals surface area contributed by atoms with Crippen LogP contribution in [0.3, 0.4) is 0 Å². The molecule has 1 fully saturated rings. The fraction of sp³-hybridized carbons (Fsp3) is 0.529. The molecule has 1 aliphatic rings. The molecule has 0 aromatic heterocycles. The fourth-order valence-electron chi connectivity index (χ4n) is 2.87. The molecular formula is C17H22BrNO4. The lowest BCUT2D eigenvalue weighted by Crippen LogP contribution is -2.58. The molecule has 0 spiro atoms. The predicted molar refractivity (Wildman–Crippen MR) is 90.0 cm³/mol. The van der Waals surface area contributed by atoms with Crippen molar-refractivity contribution >= 4 is 27.9 Å². The molecule has 1 aromatic carbocycles. The van der Waals surface area contributed by atoms with Crippen molar-refractivity contribution in [1.82, 2.24) is 4.90 Å². The number of ether oxygens (including phenoxy) is 1. The highest BCUT2D eigenvalue weighted by Crippen LogP contribution is 2.34. The van der Waals surface area contributed by atoms with Crippen LogP contribution in [-0.2, 0) is 20.9 Å². The number of hydrogen-bond donors (Lipinski definition) is 1. The number of aliphatic carboxylic acids is 1. The van der Waals surface area contributed by atoms with E-state index in [1.54, 1.807) is 25.7 Å². The third kappa shape index (κ3) is 3.93. The Balaban J connectivity index is 2.30. The van der Waals surface area contributed by atoms with Gasteiger partial charge >= 0.3 is 11.9 Å². The molecule has 23 heavy (non-hydrogen) atoms. The molecule has 0 amide bonds. The third-order valence-electron chi connectivity index (χ3n) is 3.86. The minimum atomic E-state index is -1.60. The minimum Gasteiger partial charge on any atom is -0.479 e. The first-order valence-corrected chi connectivity index (χ1v) is 8.41. The van der Waals surface area contributed by atoms with Crippen molar-refractivity contribution < 1.29 is 19.4 Å². The summed E-state index contributed by atoms with van der Waals surface area (Å²) in [5, 5.41) is 9.78. The van der Waals surface area contributed by atoms with Gasteiger partial charge in [0.1, 0.15) is 5.60 Å². The largest absolute Gasteiger partial charge is 0.479 e. The zero-order chi connectivity index (χ0) is 17.3. The van der Waals surface area contributed by atoms with Crippen LogP contribution in [0.15, 0.2) is 28.7 Å². The van der Waals surface area contributed by atoms with Crippen molar-refractivity contribution in [1.29, 1.82) is 0 Å². The smallest absolute Gasteiger partial charge is 0.338 e. The van der Waals surface area contributed by atoms with Crippen molar-refractivity contribution in [3.8, 4) is 0 Å². The summed E-state index contributed by atoms with van der Waals surface area (Å²) in [5.41, 5.74) is -1.37. The highest BCUT2D eigenvalue weighted by Gasteiger charge is 2.56. The van der Waals surface area contributed by atoms with Crippen LogP contribution in [0.2, 0.25) is 0 Å². The zero-order valence-corrected chi connectivity index (χ0v) is 15.2. The summed E-state index contributed by atoms with van der Waals surface area (Å²) < 4.78 is 6.33. The fourth-order valence-corrected chi connectivity index (χ4v) is 3.31. The van der Waals surface area contributed by atoms with Gasteiger partial charge in [0.25, 0.3) is 0 Å². The van der Waals surface area contributed by atoms with Crippen LogP contribution in [0.25, 0.3) is 0 Å². The van der Waals surface area contributed by atoms with Crippen LogP contribution in [0.5, 0.6) is 0 Å². The Kier molecular flexibility index (Phi) is 5.16. The van der Waals surface area contributed by atoms with E-state index in [1.807, 2.05) is 24.3 Å². The van der Waals surface area contributed by atoms with Crippen LogP contribution < -0.4 is 0 Å². The molecule has 1 aromatic rings. The van der Waals surface area contributed by atoms with E-state index in [0.29, 0.717) is 19.5 Å². The Morgan fingerprint density at radius 3 is 2.65 bits per heavy atom. The summed E-state index contributed by atoms with van der Waals surface area (Å²) in [6.07, 6.45) is 0.921. The second kappa shape index (κ2) is 6.61. The molecule has 1 atom stereocenters. The summed E-state index contributed by atoms with van der Waals surface area (Å²) in [6.45, 7) is 6.18. The maximum Gasteiger partial charge on any atom is 0.338 e. The molecule has 0 bridgehead atoms. The topological polar surface area (TPSA) is 66.8 Å². The Hall–Kier alpha value is -1.40. The first-order valence-electron chi connectivity index (χ1n) is 7.61. The zero-order valence-electron chi connectivity index (χ0n) is 13.6. The number of esters is 1. The molecule has 0 aliphatic carbocycles. The molecule has 6 heteroatoms. The summed E-state index contributed by atoms with van der Waals surface area (Å²) in [5.74, 6) is -1.82. The summed E-state index contributed by atoms with van der Waals surface area (Å²) in [6, 6.07) is 7.65. The van der Waals surface area contributed by atoms with Gasteiger partial charge in [-0.15, -0.1) is 0 Å². The Morgan fingerprint density at radius 2 is 2.09 bits per heavy atom. The first kappa shape index (κ1) is 17.9. The molecule has 0 unspecified atom stereocenters. The van der Waals surface area contributed by atoms with Crippen LogP contribution in [0.4, 0.5) is 0 Å². The average molecular weight is 384 g/mol. The van der Waals surface area contributed by atoms with Gasteiger partial charge in [-0.3, -0.25) is 4.90 Å². The number of benzene rings is 1. The van der Waals surface area contributed by atoms with Gasteiger partial charge < -0.3 is 9.84 Å². The van der Waals surface area contributed by atoms with Crippen molar-refractivity contribution in [2.24, 2.45) is 0 Å². The Labute approximate surface area is 144 Å². The molecule has 5 nitrogen and oxygen atoms in total. The van der Waals surface area contributed by atoms with Crippen molar-refractivity contribution in [3.05, 3.63) is 34.3 Å². The number of carboxylic acids is 1. The van der Waals surface area contributed by atoms with Gasteiger partial charge in [0.2, 0.25) is 5.54 Å². The SMILES string of the molecule is CC(C)(C)OC(=O)[C@]1(C(=O)O)CCCN1Cc1cccc(Br)c1. The Bertz CT molecular complexity index is 611. The minimum absolute atomic E-state index is 0.269. The third-order valence-corrected chi connectivity index (χ3v) is 4.35. The second-order valence-corrected chi connectivity index (χ2v) is 7.74. The number of carboxylic acid groups (broad SMARTS) is 1. The van der Waals surface area contributed by atoms with Crippen molar-refractivity contribution in [3.63, 3.8) is 0 Å². The lowest BCUT2D eigenvalue weighted by atomic mass is 9.95. The highest BCUT2D eigenvalue weighted by molar-refractivity contribution is 9.10. The van der Waals surface area contributed by atoms with E-state index in [-0.39, 0.29) is 6.42 Å². The summed E-state index contributed by atoms with van der Waals surface area (Å²) >= 11 is 3.41. The van der Waals surface area contributed by atoms with E-state index in [1.165, 1.54) is 0 Å². The number of nitrogens with zero attached hydrogens (tertiary/aromatic N) is 1. The molecule has 1 saturated heterocycles. The molecule has 0 radical (unpaired) electrons. The van der Waals surface area contributed by atoms with E-state index in [9.17, 15) is 14.7 Å². The van der Waals surface area contributed by atoms with Crippen LogP contribution in [-0.4, -0.2) is 39.6 Å². The molecule has 1 aliphatic heterocycles. The monoisotopic (exact) mass is 383 g/mol. The summed E-state index contributed by atoms with van der Waals surface area (Å²) in [7, 11) is 0. The van der Waals surface area contributed by atoms with Crippen molar-refractivity contribution in [2.75, 3.05) is 6.54 Å². The normalized spacial score (nSPS) is 22.1. The van der Waals surface area contributed by atoms with Crippen LogP contribution in [0, 0.1) is 0 Å². The van der Waals surface area contributed by atoms with Gasteiger partial charge in [0.05, 0.1) is 0 Å². The van der Waals surface area contributed by atoms with Crippen LogP contribution >= 0.6 is 15.9 Å². The molecule has 0 saturated carbocycles. The first-order chi connectivity index (χ1) is 10.6. The van der Waals surface area contributed by atoms with E-state index in [0.717, 1.165) is 10.0 Å². The second-order valence-electron chi connectivity index (χ2n) is 6.82. The Morgan fingerprint density at radius 1 is 1.39 bits per heavy atom. The molecular weight excluding hydrogens is 362 g/mol. The van der Waals surface area contributed by atoms with Gasteiger partial charge in [-0.2, -0.15) is 0 Å². The standard InChI is InChI=1S/C17H22BrNO4/c1-16(2,3)23-15(22)17(14(20)21)8-5-9-19(17)11-12-6-4-7-13(18)10-12/h4,6-7,10H,5,8-9,11H2,1-3H3,(H,20,21)/t17-/m1/s1. The van der Waals surface area contributed by atoms with E-state index in [4.69, 9.17) is 4.74 Å². The lowest BCUT2D eigenvalue weighted by molar-refractivity contribution is -0.177. The number of rotatable bonds is 4. The highest BCUT2D eigenvalue weighted by atomic mass is 79.9. The number of carbonyl (C=O) groups is 2. The quantitative estimate of drug-likeness (QED) is 0.638. The maximum atomic E-state index is 12.6.